The van der Waals surface area contributed by atoms with Crippen LogP contribution in [-0.4, -0.2) is 22.0 Å². The molecule has 1 atom stereocenters. The minimum atomic E-state index is -2.05. The molecule has 1 aliphatic heterocycles. The molecule has 2 N–H and O–H groups in total. The number of esters is 1. The summed E-state index contributed by atoms with van der Waals surface area (Å²) >= 11 is 0. The predicted molar refractivity (Wildman–Crippen MR) is 31.6 cm³/mol. The second-order valence-corrected chi connectivity index (χ2v) is 2.24. The first-order valence-electron chi connectivity index (χ1n) is 2.87. The van der Waals surface area contributed by atoms with E-state index in [0.29, 0.717) is 0 Å². The molecular formula is C6H8O4. The van der Waals surface area contributed by atoms with Crippen LogP contribution in [0.5, 0.6) is 0 Å². The summed E-state index contributed by atoms with van der Waals surface area (Å²) in [5, 5.41) is 18.0. The average Bonchev–Trinajstić information content (AvgIpc) is 1.83. The number of cyclic esters (lactones) is 1. The maximum absolute atomic E-state index is 10.6. The van der Waals surface area contributed by atoms with Crippen molar-refractivity contribution in [2.75, 3.05) is 0 Å². The maximum Gasteiger partial charge on any atom is 0.319 e. The van der Waals surface area contributed by atoms with E-state index in [0.717, 1.165) is 12.3 Å². The summed E-state index contributed by atoms with van der Waals surface area (Å²) in [4.78, 5) is 10.6. The van der Waals surface area contributed by atoms with Crippen molar-refractivity contribution < 1.29 is 19.7 Å². The topological polar surface area (TPSA) is 66.8 Å². The van der Waals surface area contributed by atoms with Gasteiger partial charge < -0.3 is 14.9 Å². The highest BCUT2D eigenvalue weighted by atomic mass is 16.6. The Morgan fingerprint density at radius 2 is 2.30 bits per heavy atom. The van der Waals surface area contributed by atoms with E-state index in [9.17, 15) is 4.79 Å². The van der Waals surface area contributed by atoms with Gasteiger partial charge in [-0.05, 0) is 6.92 Å². The van der Waals surface area contributed by atoms with Gasteiger partial charge in [-0.15, -0.1) is 0 Å². The second kappa shape index (κ2) is 2.07. The van der Waals surface area contributed by atoms with Gasteiger partial charge >= 0.3 is 5.97 Å². The summed E-state index contributed by atoms with van der Waals surface area (Å²) in [7, 11) is 0. The summed E-state index contributed by atoms with van der Waals surface area (Å²) in [5.41, 5.74) is 0. The molecule has 0 aliphatic carbocycles. The summed E-state index contributed by atoms with van der Waals surface area (Å²) in [6.45, 7) is 1.38. The van der Waals surface area contributed by atoms with Gasteiger partial charge in [0.1, 0.15) is 5.92 Å². The molecule has 1 unspecified atom stereocenters. The van der Waals surface area contributed by atoms with E-state index in [1.54, 1.807) is 0 Å². The molecule has 0 fully saturated rings. The highest BCUT2D eigenvalue weighted by Gasteiger charge is 2.37. The molecule has 10 heavy (non-hydrogen) atoms. The van der Waals surface area contributed by atoms with E-state index in [1.807, 2.05) is 0 Å². The second-order valence-electron chi connectivity index (χ2n) is 2.24. The number of rotatable bonds is 0. The van der Waals surface area contributed by atoms with Crippen molar-refractivity contribution in [2.24, 2.45) is 5.92 Å². The number of carbonyl (C=O) groups is 1. The molecule has 0 spiro atoms. The van der Waals surface area contributed by atoms with E-state index < -0.39 is 17.7 Å². The molecule has 4 nitrogen and oxygen atoms in total. The Morgan fingerprint density at radius 1 is 1.70 bits per heavy atom. The van der Waals surface area contributed by atoms with Gasteiger partial charge in [-0.25, -0.2) is 0 Å². The van der Waals surface area contributed by atoms with Crippen LogP contribution >= 0.6 is 0 Å². The zero-order valence-corrected chi connectivity index (χ0v) is 5.44. The number of carbonyl (C=O) groups excluding carboxylic acids is 1. The largest absolute Gasteiger partial charge is 0.434 e. The average molecular weight is 144 g/mol. The van der Waals surface area contributed by atoms with Crippen LogP contribution in [0.2, 0.25) is 0 Å². The summed E-state index contributed by atoms with van der Waals surface area (Å²) in [6, 6.07) is 0. The van der Waals surface area contributed by atoms with Crippen LogP contribution in [0.15, 0.2) is 12.3 Å². The third kappa shape index (κ3) is 1.03. The molecule has 0 aromatic carbocycles. The number of aliphatic hydroxyl groups is 2. The zero-order chi connectivity index (χ0) is 7.78. The molecule has 0 saturated heterocycles. The standard InChI is InChI=1S/C6H8O4/c1-4-5(7)10-3-2-6(4,8)9/h2-4,8-9H,1H3. The number of hydrogen-bond donors (Lipinski definition) is 2. The number of ether oxygens (including phenoxy) is 1. The summed E-state index contributed by atoms with van der Waals surface area (Å²) < 4.78 is 4.39. The smallest absolute Gasteiger partial charge is 0.319 e. The molecule has 1 aliphatic rings. The Hall–Kier alpha value is -0.870. The fourth-order valence-electron chi connectivity index (χ4n) is 0.621. The normalized spacial score (nSPS) is 29.9. The Balaban J connectivity index is 2.87. The van der Waals surface area contributed by atoms with Crippen molar-refractivity contribution in [3.05, 3.63) is 12.3 Å². The highest BCUT2D eigenvalue weighted by molar-refractivity contribution is 5.75. The van der Waals surface area contributed by atoms with Crippen molar-refractivity contribution in [2.45, 2.75) is 12.7 Å². The third-order valence-corrected chi connectivity index (χ3v) is 1.49. The Morgan fingerprint density at radius 3 is 2.70 bits per heavy atom. The molecule has 56 valence electrons. The van der Waals surface area contributed by atoms with Crippen LogP contribution in [0.4, 0.5) is 0 Å². The summed E-state index contributed by atoms with van der Waals surface area (Å²) in [6.07, 6.45) is 2.00. The van der Waals surface area contributed by atoms with Crippen molar-refractivity contribution in [3.8, 4) is 0 Å². The minimum absolute atomic E-state index is 0.632. The van der Waals surface area contributed by atoms with Crippen molar-refractivity contribution in [3.63, 3.8) is 0 Å². The first kappa shape index (κ1) is 7.24. The zero-order valence-electron chi connectivity index (χ0n) is 5.44. The maximum atomic E-state index is 10.6. The van der Waals surface area contributed by atoms with E-state index >= 15 is 0 Å². The van der Waals surface area contributed by atoms with Crippen LogP contribution in [0.3, 0.4) is 0 Å². The van der Waals surface area contributed by atoms with Crippen LogP contribution in [0, 0.1) is 5.92 Å². The van der Waals surface area contributed by atoms with E-state index in [1.165, 1.54) is 6.92 Å². The molecule has 0 radical (unpaired) electrons. The van der Waals surface area contributed by atoms with Gasteiger partial charge in [0.25, 0.3) is 0 Å². The van der Waals surface area contributed by atoms with Gasteiger partial charge in [0.15, 0.2) is 5.79 Å². The van der Waals surface area contributed by atoms with E-state index in [-0.39, 0.29) is 0 Å². The number of hydrogen-bond acceptors (Lipinski definition) is 4. The molecule has 0 saturated carbocycles. The van der Waals surface area contributed by atoms with Crippen LogP contribution in [0.25, 0.3) is 0 Å². The predicted octanol–water partition coefficient (Wildman–Crippen LogP) is -0.626. The Bertz CT molecular complexity index is 182. The SMILES string of the molecule is CC1C(=O)OC=CC1(O)O. The van der Waals surface area contributed by atoms with Gasteiger partial charge in [-0.1, -0.05) is 0 Å². The fraction of sp³-hybridized carbons (Fsp3) is 0.500. The molecule has 0 aromatic rings. The Kier molecular flexibility index (Phi) is 1.50. The van der Waals surface area contributed by atoms with Gasteiger partial charge in [0.2, 0.25) is 0 Å². The van der Waals surface area contributed by atoms with Crippen molar-refractivity contribution in [1.29, 1.82) is 0 Å². The van der Waals surface area contributed by atoms with E-state index in [2.05, 4.69) is 4.74 Å². The van der Waals surface area contributed by atoms with Crippen LogP contribution < -0.4 is 0 Å². The Labute approximate surface area is 57.7 Å². The summed E-state index contributed by atoms with van der Waals surface area (Å²) in [5.74, 6) is -3.60. The molecule has 0 amide bonds. The lowest BCUT2D eigenvalue weighted by Gasteiger charge is -2.25. The lowest BCUT2D eigenvalue weighted by atomic mass is 10.00. The molecular weight excluding hydrogens is 136 g/mol. The van der Waals surface area contributed by atoms with Crippen molar-refractivity contribution in [1.82, 2.24) is 0 Å². The monoisotopic (exact) mass is 144 g/mol. The lowest BCUT2D eigenvalue weighted by Crippen LogP contribution is -2.41. The first-order valence-corrected chi connectivity index (χ1v) is 2.87. The van der Waals surface area contributed by atoms with E-state index in [4.69, 9.17) is 10.2 Å². The highest BCUT2D eigenvalue weighted by Crippen LogP contribution is 2.20. The van der Waals surface area contributed by atoms with Gasteiger partial charge in [0.05, 0.1) is 6.26 Å². The quantitative estimate of drug-likeness (QED) is 0.351. The van der Waals surface area contributed by atoms with Gasteiger partial charge in [-0.3, -0.25) is 4.79 Å². The fourth-order valence-corrected chi connectivity index (χ4v) is 0.621. The van der Waals surface area contributed by atoms with Crippen LogP contribution in [-0.2, 0) is 9.53 Å². The first-order chi connectivity index (χ1) is 4.54. The minimum Gasteiger partial charge on any atom is -0.434 e. The molecule has 0 bridgehead atoms. The van der Waals surface area contributed by atoms with Gasteiger partial charge in [0, 0.05) is 6.08 Å². The molecule has 4 heteroatoms. The molecule has 1 heterocycles. The van der Waals surface area contributed by atoms with Crippen molar-refractivity contribution >= 4 is 5.97 Å². The van der Waals surface area contributed by atoms with Gasteiger partial charge in [-0.2, -0.15) is 0 Å². The lowest BCUT2D eigenvalue weighted by molar-refractivity contribution is -0.188. The van der Waals surface area contributed by atoms with Crippen LogP contribution in [0.1, 0.15) is 6.92 Å². The third-order valence-electron chi connectivity index (χ3n) is 1.49. The molecule has 1 rings (SSSR count). The molecule has 0 aromatic heterocycles.